The number of benzene rings is 2. The summed E-state index contributed by atoms with van der Waals surface area (Å²) in [5, 5.41) is 0.614. The number of hydrogen-bond acceptors (Lipinski definition) is 2. The normalized spacial score (nSPS) is 10.4. The summed E-state index contributed by atoms with van der Waals surface area (Å²) in [6.45, 7) is 2.59. The number of ether oxygens (including phenoxy) is 1. The zero-order chi connectivity index (χ0) is 15.2. The van der Waals surface area contributed by atoms with Crippen molar-refractivity contribution in [2.75, 3.05) is 0 Å². The highest BCUT2D eigenvalue weighted by molar-refractivity contribution is 7.80. The van der Waals surface area contributed by atoms with E-state index in [1.807, 2.05) is 24.3 Å². The van der Waals surface area contributed by atoms with E-state index in [9.17, 15) is 0 Å². The SMILES string of the molecule is CCCc1ccc(OCc2ccc(C(N)=S)cc2Cl)cc1. The Morgan fingerprint density at radius 3 is 2.48 bits per heavy atom. The first-order chi connectivity index (χ1) is 10.1. The molecule has 0 radical (unpaired) electrons. The van der Waals surface area contributed by atoms with Gasteiger partial charge in [0, 0.05) is 16.1 Å². The number of rotatable bonds is 6. The number of halogens is 1. The molecule has 2 aromatic carbocycles. The lowest BCUT2D eigenvalue weighted by Gasteiger charge is -2.09. The Morgan fingerprint density at radius 1 is 1.19 bits per heavy atom. The van der Waals surface area contributed by atoms with Crippen LogP contribution in [0, 0.1) is 0 Å². The van der Waals surface area contributed by atoms with Crippen molar-refractivity contribution >= 4 is 28.8 Å². The van der Waals surface area contributed by atoms with Crippen LogP contribution in [0.15, 0.2) is 42.5 Å². The van der Waals surface area contributed by atoms with Gasteiger partial charge in [0.2, 0.25) is 0 Å². The summed E-state index contributed by atoms with van der Waals surface area (Å²) in [5.41, 5.74) is 8.58. The molecule has 0 heterocycles. The second kappa shape index (κ2) is 7.43. The molecule has 0 unspecified atom stereocenters. The van der Waals surface area contributed by atoms with Crippen molar-refractivity contribution in [1.82, 2.24) is 0 Å². The lowest BCUT2D eigenvalue weighted by Crippen LogP contribution is -2.09. The van der Waals surface area contributed by atoms with Crippen LogP contribution >= 0.6 is 23.8 Å². The topological polar surface area (TPSA) is 35.2 Å². The van der Waals surface area contributed by atoms with Crippen LogP contribution in [0.1, 0.15) is 30.0 Å². The van der Waals surface area contributed by atoms with Crippen LogP contribution < -0.4 is 10.5 Å². The van der Waals surface area contributed by atoms with E-state index in [-0.39, 0.29) is 0 Å². The van der Waals surface area contributed by atoms with Crippen molar-refractivity contribution in [1.29, 1.82) is 0 Å². The first-order valence-corrected chi connectivity index (χ1v) is 7.68. The van der Waals surface area contributed by atoms with Crippen LogP contribution in [0.2, 0.25) is 5.02 Å². The first-order valence-electron chi connectivity index (χ1n) is 6.90. The van der Waals surface area contributed by atoms with Gasteiger partial charge in [-0.15, -0.1) is 0 Å². The maximum absolute atomic E-state index is 6.21. The van der Waals surface area contributed by atoms with Gasteiger partial charge in [0.1, 0.15) is 17.3 Å². The summed E-state index contributed by atoms with van der Waals surface area (Å²) in [6, 6.07) is 13.7. The molecular formula is C17H18ClNOS. The van der Waals surface area contributed by atoms with E-state index < -0.39 is 0 Å². The van der Waals surface area contributed by atoms with Gasteiger partial charge in [0.25, 0.3) is 0 Å². The molecule has 2 nitrogen and oxygen atoms in total. The van der Waals surface area contributed by atoms with E-state index in [4.69, 9.17) is 34.3 Å². The molecule has 0 aliphatic carbocycles. The van der Waals surface area contributed by atoms with E-state index >= 15 is 0 Å². The standard InChI is InChI=1S/C17H18ClNOS/c1-2-3-12-4-8-15(9-5-12)20-11-14-7-6-13(17(19)21)10-16(14)18/h4-10H,2-3,11H2,1H3,(H2,19,21). The minimum Gasteiger partial charge on any atom is -0.489 e. The molecule has 0 atom stereocenters. The Labute approximate surface area is 135 Å². The molecule has 110 valence electrons. The Hall–Kier alpha value is -1.58. The molecule has 0 fully saturated rings. The molecule has 0 aliphatic heterocycles. The summed E-state index contributed by atoms with van der Waals surface area (Å²) in [6.07, 6.45) is 2.23. The average molecular weight is 320 g/mol. The van der Waals surface area contributed by atoms with Crippen LogP contribution in [0.4, 0.5) is 0 Å². The third-order valence-corrected chi connectivity index (χ3v) is 3.78. The van der Waals surface area contributed by atoms with Crippen molar-refractivity contribution in [3.05, 3.63) is 64.2 Å². The van der Waals surface area contributed by atoms with Crippen LogP contribution in [0.25, 0.3) is 0 Å². The average Bonchev–Trinajstić information content (AvgIpc) is 2.47. The predicted octanol–water partition coefficient (Wildman–Crippen LogP) is 4.51. The van der Waals surface area contributed by atoms with E-state index in [2.05, 4.69) is 19.1 Å². The lowest BCUT2D eigenvalue weighted by atomic mass is 10.1. The maximum Gasteiger partial charge on any atom is 0.119 e. The smallest absolute Gasteiger partial charge is 0.119 e. The second-order valence-corrected chi connectivity index (χ2v) is 5.70. The first kappa shape index (κ1) is 15.8. The number of hydrogen-bond donors (Lipinski definition) is 1. The van der Waals surface area contributed by atoms with Crippen molar-refractivity contribution in [3.63, 3.8) is 0 Å². The van der Waals surface area contributed by atoms with Gasteiger partial charge in [0.05, 0.1) is 0 Å². The van der Waals surface area contributed by atoms with Crippen molar-refractivity contribution < 1.29 is 4.74 Å². The van der Waals surface area contributed by atoms with Crippen LogP contribution in [0.5, 0.6) is 5.75 Å². The molecule has 21 heavy (non-hydrogen) atoms. The minimum atomic E-state index is 0.343. The fourth-order valence-electron chi connectivity index (χ4n) is 2.02. The minimum absolute atomic E-state index is 0.343. The largest absolute Gasteiger partial charge is 0.489 e. The highest BCUT2D eigenvalue weighted by Gasteiger charge is 2.05. The van der Waals surface area contributed by atoms with Crippen LogP contribution in [-0.2, 0) is 13.0 Å². The van der Waals surface area contributed by atoms with Crippen molar-refractivity contribution in [3.8, 4) is 5.75 Å². The monoisotopic (exact) mass is 319 g/mol. The Kier molecular flexibility index (Phi) is 5.59. The molecule has 0 spiro atoms. The zero-order valence-electron chi connectivity index (χ0n) is 11.9. The van der Waals surface area contributed by atoms with Gasteiger partial charge in [0.15, 0.2) is 0 Å². The highest BCUT2D eigenvalue weighted by atomic mass is 35.5. The Balaban J connectivity index is 2.01. The van der Waals surface area contributed by atoms with E-state index in [1.54, 1.807) is 6.07 Å². The third-order valence-electron chi connectivity index (χ3n) is 3.19. The summed E-state index contributed by atoms with van der Waals surface area (Å²) >= 11 is 11.1. The highest BCUT2D eigenvalue weighted by Crippen LogP contribution is 2.21. The summed E-state index contributed by atoms with van der Waals surface area (Å²) in [7, 11) is 0. The predicted molar refractivity (Wildman–Crippen MR) is 92.1 cm³/mol. The molecule has 2 aromatic rings. The van der Waals surface area contributed by atoms with Gasteiger partial charge in [-0.2, -0.15) is 0 Å². The fourth-order valence-corrected chi connectivity index (χ4v) is 2.38. The van der Waals surface area contributed by atoms with Crippen LogP contribution in [-0.4, -0.2) is 4.99 Å². The molecule has 0 aliphatic rings. The second-order valence-electron chi connectivity index (χ2n) is 4.85. The Morgan fingerprint density at radius 2 is 1.90 bits per heavy atom. The summed E-state index contributed by atoms with van der Waals surface area (Å²) < 4.78 is 5.76. The van der Waals surface area contributed by atoms with Gasteiger partial charge < -0.3 is 10.5 Å². The van der Waals surface area contributed by atoms with E-state index in [1.165, 1.54) is 5.56 Å². The molecule has 0 amide bonds. The molecule has 2 N–H and O–H groups in total. The van der Waals surface area contributed by atoms with Gasteiger partial charge in [-0.25, -0.2) is 0 Å². The summed E-state index contributed by atoms with van der Waals surface area (Å²) in [4.78, 5) is 0.343. The molecule has 2 rings (SSSR count). The number of aryl methyl sites for hydroxylation is 1. The third kappa shape index (κ3) is 4.45. The van der Waals surface area contributed by atoms with Crippen LogP contribution in [0.3, 0.4) is 0 Å². The lowest BCUT2D eigenvalue weighted by molar-refractivity contribution is 0.306. The Bertz CT molecular complexity index is 625. The molecular weight excluding hydrogens is 302 g/mol. The summed E-state index contributed by atoms with van der Waals surface area (Å²) in [5.74, 6) is 0.837. The van der Waals surface area contributed by atoms with Gasteiger partial charge in [-0.3, -0.25) is 0 Å². The van der Waals surface area contributed by atoms with E-state index in [0.717, 1.165) is 29.7 Å². The van der Waals surface area contributed by atoms with Crippen molar-refractivity contribution in [2.45, 2.75) is 26.4 Å². The molecule has 0 saturated carbocycles. The fraction of sp³-hybridized carbons (Fsp3) is 0.235. The number of thiocarbonyl (C=S) groups is 1. The number of nitrogens with two attached hydrogens (primary N) is 1. The van der Waals surface area contributed by atoms with Crippen molar-refractivity contribution in [2.24, 2.45) is 5.73 Å². The molecule has 0 saturated heterocycles. The van der Waals surface area contributed by atoms with E-state index in [0.29, 0.717) is 16.6 Å². The molecule has 0 aromatic heterocycles. The zero-order valence-corrected chi connectivity index (χ0v) is 13.5. The molecule has 4 heteroatoms. The molecule has 0 bridgehead atoms. The van der Waals surface area contributed by atoms with Gasteiger partial charge in [-0.1, -0.05) is 61.4 Å². The van der Waals surface area contributed by atoms with Gasteiger partial charge in [-0.05, 0) is 30.2 Å². The quantitative estimate of drug-likeness (QED) is 0.796. The maximum atomic E-state index is 6.21. The van der Waals surface area contributed by atoms with Gasteiger partial charge >= 0.3 is 0 Å².